The van der Waals surface area contributed by atoms with Gasteiger partial charge in [-0.3, -0.25) is 4.79 Å². The molecule has 1 aromatic heterocycles. The Labute approximate surface area is 172 Å². The van der Waals surface area contributed by atoms with Crippen LogP contribution in [-0.2, 0) is 0 Å². The number of rotatable bonds is 5. The first-order valence-electron chi connectivity index (χ1n) is 10.4. The molecular weight excluding hydrogens is 362 g/mol. The Bertz CT molecular complexity index is 1000. The molecule has 1 aliphatic heterocycles. The number of amides is 1. The minimum absolute atomic E-state index is 0.0862. The maximum Gasteiger partial charge on any atom is 0.271 e. The molecule has 29 heavy (non-hydrogen) atoms. The van der Waals surface area contributed by atoms with Crippen LogP contribution in [0.15, 0.2) is 54.6 Å². The fraction of sp³-hybridized carbons (Fsp3) is 0.375. The highest BCUT2D eigenvalue weighted by molar-refractivity contribution is 5.98. The van der Waals surface area contributed by atoms with Gasteiger partial charge in [0.05, 0.1) is 5.52 Å². The van der Waals surface area contributed by atoms with Crippen molar-refractivity contribution in [2.75, 3.05) is 13.1 Å². The van der Waals surface area contributed by atoms with E-state index >= 15 is 0 Å². The van der Waals surface area contributed by atoms with Crippen molar-refractivity contribution in [3.8, 4) is 5.75 Å². The van der Waals surface area contributed by atoms with E-state index in [1.165, 1.54) is 0 Å². The topological polar surface area (TPSA) is 46.5 Å². The first kappa shape index (κ1) is 19.5. The molecule has 1 amide bonds. The van der Waals surface area contributed by atoms with E-state index in [1.807, 2.05) is 61.5 Å². The first-order valence-corrected chi connectivity index (χ1v) is 10.4. The van der Waals surface area contributed by atoms with Gasteiger partial charge in [0, 0.05) is 30.6 Å². The molecular formula is C24H29N3O2. The van der Waals surface area contributed by atoms with Crippen molar-refractivity contribution in [1.29, 1.82) is 0 Å². The summed E-state index contributed by atoms with van der Waals surface area (Å²) in [5.41, 5.74) is 2.52. The van der Waals surface area contributed by atoms with Crippen molar-refractivity contribution in [3.05, 3.63) is 65.9 Å². The van der Waals surface area contributed by atoms with E-state index in [9.17, 15) is 4.79 Å². The zero-order chi connectivity index (χ0) is 20.4. The van der Waals surface area contributed by atoms with Crippen molar-refractivity contribution < 1.29 is 9.63 Å². The molecule has 152 valence electrons. The van der Waals surface area contributed by atoms with Gasteiger partial charge in [-0.1, -0.05) is 30.3 Å². The molecule has 3 aromatic rings. The van der Waals surface area contributed by atoms with Gasteiger partial charge in [0.1, 0.15) is 5.69 Å². The van der Waals surface area contributed by atoms with Crippen LogP contribution in [0.25, 0.3) is 10.9 Å². The zero-order valence-corrected chi connectivity index (χ0v) is 17.4. The predicted molar refractivity (Wildman–Crippen MR) is 116 cm³/mol. The summed E-state index contributed by atoms with van der Waals surface area (Å²) < 4.78 is 1.66. The molecule has 1 aliphatic rings. The second-order valence-electron chi connectivity index (χ2n) is 8.17. The molecule has 0 saturated carbocycles. The summed E-state index contributed by atoms with van der Waals surface area (Å²) in [6, 6.07) is 18.4. The highest BCUT2D eigenvalue weighted by Gasteiger charge is 2.24. The number of piperidine rings is 1. The third kappa shape index (κ3) is 4.30. The summed E-state index contributed by atoms with van der Waals surface area (Å²) in [5, 5.41) is 4.21. The highest BCUT2D eigenvalue weighted by atomic mass is 16.7. The van der Waals surface area contributed by atoms with Crippen molar-refractivity contribution in [3.63, 3.8) is 0 Å². The van der Waals surface area contributed by atoms with Crippen LogP contribution in [0.2, 0.25) is 0 Å². The fourth-order valence-corrected chi connectivity index (χ4v) is 3.98. The lowest BCUT2D eigenvalue weighted by Gasteiger charge is -2.34. The second-order valence-corrected chi connectivity index (χ2v) is 8.17. The average molecular weight is 392 g/mol. The van der Waals surface area contributed by atoms with Crippen LogP contribution in [0.5, 0.6) is 5.75 Å². The number of para-hydroxylation sites is 1. The monoisotopic (exact) mass is 391 g/mol. The van der Waals surface area contributed by atoms with Gasteiger partial charge in [0.15, 0.2) is 5.75 Å². The van der Waals surface area contributed by atoms with Gasteiger partial charge in [-0.25, -0.2) is 0 Å². The number of nitrogens with one attached hydrogen (secondary N) is 1. The lowest BCUT2D eigenvalue weighted by molar-refractivity contribution is 0.0867. The zero-order valence-electron chi connectivity index (χ0n) is 17.4. The molecule has 0 bridgehead atoms. The minimum atomic E-state index is -0.0862. The van der Waals surface area contributed by atoms with E-state index in [0.717, 1.165) is 42.4 Å². The van der Waals surface area contributed by atoms with Crippen LogP contribution >= 0.6 is 0 Å². The first-order chi connectivity index (χ1) is 14.0. The summed E-state index contributed by atoms with van der Waals surface area (Å²) in [6.45, 7) is 8.51. The van der Waals surface area contributed by atoms with Crippen LogP contribution in [-0.4, -0.2) is 40.7 Å². The summed E-state index contributed by atoms with van der Waals surface area (Å²) in [5.74, 6) is 0.627. The van der Waals surface area contributed by atoms with Crippen LogP contribution in [0.1, 0.15) is 42.7 Å². The number of aryl methyl sites for hydroxylation is 1. The van der Waals surface area contributed by atoms with Crippen LogP contribution < -0.4 is 10.2 Å². The maximum absolute atomic E-state index is 13.2. The minimum Gasteiger partial charge on any atom is -0.374 e. The SMILES string of the molecule is Cc1cccc(On2c(C(=O)NC3CCN(C(C)C)CC3)cc3ccccc32)c1. The quantitative estimate of drug-likeness (QED) is 0.701. The third-order valence-corrected chi connectivity index (χ3v) is 5.68. The summed E-state index contributed by atoms with van der Waals surface area (Å²) >= 11 is 0. The number of hydrogen-bond acceptors (Lipinski definition) is 3. The smallest absolute Gasteiger partial charge is 0.271 e. The number of likely N-dealkylation sites (tertiary alicyclic amines) is 1. The Hall–Kier alpha value is -2.79. The van der Waals surface area contributed by atoms with Gasteiger partial charge in [-0.05, 0) is 63.4 Å². The van der Waals surface area contributed by atoms with Crippen LogP contribution in [0, 0.1) is 6.92 Å². The normalized spacial score (nSPS) is 15.7. The largest absolute Gasteiger partial charge is 0.374 e. The lowest BCUT2D eigenvalue weighted by atomic mass is 10.0. The average Bonchev–Trinajstić information content (AvgIpc) is 3.07. The fourth-order valence-electron chi connectivity index (χ4n) is 3.98. The van der Waals surface area contributed by atoms with Gasteiger partial charge >= 0.3 is 0 Å². The number of fused-ring (bicyclic) bond motifs is 1. The predicted octanol–water partition coefficient (Wildman–Crippen LogP) is 4.39. The van der Waals surface area contributed by atoms with E-state index in [-0.39, 0.29) is 11.9 Å². The van der Waals surface area contributed by atoms with E-state index in [0.29, 0.717) is 17.5 Å². The molecule has 1 fully saturated rings. The molecule has 4 rings (SSSR count). The number of aromatic nitrogens is 1. The van der Waals surface area contributed by atoms with Gasteiger partial charge < -0.3 is 15.1 Å². The molecule has 2 aromatic carbocycles. The van der Waals surface area contributed by atoms with Gasteiger partial charge in [-0.2, -0.15) is 4.73 Å². The molecule has 1 saturated heterocycles. The number of benzene rings is 2. The molecule has 0 spiro atoms. The van der Waals surface area contributed by atoms with Crippen molar-refractivity contribution in [2.45, 2.75) is 45.7 Å². The number of hydrogen-bond donors (Lipinski definition) is 1. The van der Waals surface area contributed by atoms with Crippen molar-refractivity contribution in [2.24, 2.45) is 0 Å². The van der Waals surface area contributed by atoms with Crippen LogP contribution in [0.4, 0.5) is 0 Å². The van der Waals surface area contributed by atoms with Crippen LogP contribution in [0.3, 0.4) is 0 Å². The van der Waals surface area contributed by atoms with Crippen molar-refractivity contribution >= 4 is 16.8 Å². The molecule has 0 aliphatic carbocycles. The molecule has 0 radical (unpaired) electrons. The Morgan fingerprint density at radius 1 is 1.07 bits per heavy atom. The summed E-state index contributed by atoms with van der Waals surface area (Å²) in [6.07, 6.45) is 1.95. The second kappa shape index (κ2) is 8.29. The molecule has 0 unspecified atom stereocenters. The summed E-state index contributed by atoms with van der Waals surface area (Å²) in [4.78, 5) is 21.8. The Kier molecular flexibility index (Phi) is 5.58. The third-order valence-electron chi connectivity index (χ3n) is 5.68. The molecule has 5 nitrogen and oxygen atoms in total. The molecule has 2 heterocycles. The van der Waals surface area contributed by atoms with E-state index < -0.39 is 0 Å². The standard InChI is InChI=1S/C24H29N3O2/c1-17(2)26-13-11-20(12-14-26)25-24(28)23-16-19-8-4-5-10-22(19)27(23)29-21-9-6-7-18(3)15-21/h4-10,15-17,20H,11-14H2,1-3H3,(H,25,28). The number of carbonyl (C=O) groups excluding carboxylic acids is 1. The lowest BCUT2D eigenvalue weighted by Crippen LogP contribution is -2.47. The van der Waals surface area contributed by atoms with E-state index in [2.05, 4.69) is 24.1 Å². The maximum atomic E-state index is 13.2. The van der Waals surface area contributed by atoms with E-state index in [1.54, 1.807) is 4.73 Å². The van der Waals surface area contributed by atoms with E-state index in [4.69, 9.17) is 4.84 Å². The van der Waals surface area contributed by atoms with Gasteiger partial charge in [-0.15, -0.1) is 0 Å². The number of nitrogens with zero attached hydrogens (tertiary/aromatic N) is 2. The molecule has 0 atom stereocenters. The number of carbonyl (C=O) groups is 1. The van der Waals surface area contributed by atoms with Gasteiger partial charge in [0.2, 0.25) is 0 Å². The Balaban J connectivity index is 1.57. The summed E-state index contributed by atoms with van der Waals surface area (Å²) in [7, 11) is 0. The highest BCUT2D eigenvalue weighted by Crippen LogP contribution is 2.23. The molecule has 5 heteroatoms. The molecule has 1 N–H and O–H groups in total. The van der Waals surface area contributed by atoms with Gasteiger partial charge in [0.25, 0.3) is 5.91 Å². The Morgan fingerprint density at radius 3 is 2.55 bits per heavy atom. The Morgan fingerprint density at radius 2 is 1.83 bits per heavy atom. The van der Waals surface area contributed by atoms with Crippen molar-refractivity contribution in [1.82, 2.24) is 14.9 Å².